The molecule has 1 aromatic carbocycles. The van der Waals surface area contributed by atoms with Crippen LogP contribution in [-0.2, 0) is 5.41 Å². The van der Waals surface area contributed by atoms with E-state index < -0.39 is 0 Å². The van der Waals surface area contributed by atoms with E-state index >= 15 is 0 Å². The van der Waals surface area contributed by atoms with Crippen LogP contribution in [0.3, 0.4) is 0 Å². The lowest BCUT2D eigenvalue weighted by Crippen LogP contribution is -2.17. The Balaban J connectivity index is 3.18. The van der Waals surface area contributed by atoms with Gasteiger partial charge in [0.1, 0.15) is 5.75 Å². The summed E-state index contributed by atoms with van der Waals surface area (Å²) in [6.45, 7) is 9.02. The highest BCUT2D eigenvalue weighted by Gasteiger charge is 2.21. The lowest BCUT2D eigenvalue weighted by Gasteiger charge is -2.24. The number of rotatable bonds is 4. The normalized spacial score (nSPS) is 10.9. The molecule has 2 heteroatoms. The summed E-state index contributed by atoms with van der Waals surface area (Å²) in [4.78, 5) is 0. The molecule has 0 atom stereocenters. The van der Waals surface area contributed by atoms with E-state index in [1.165, 1.54) is 0 Å². The fraction of sp³-hybridized carbons (Fsp3) is 0.500. The van der Waals surface area contributed by atoms with Gasteiger partial charge in [-0.25, -0.2) is 0 Å². The monoisotopic (exact) mass is 217 g/mol. The van der Waals surface area contributed by atoms with Crippen molar-refractivity contribution in [3.8, 4) is 11.8 Å². The largest absolute Gasteiger partial charge is 0.494 e. The maximum Gasteiger partial charge on any atom is 0.120 e. The number of nitrogens with zero attached hydrogens (tertiary/aromatic N) is 1. The molecule has 0 unspecified atom stereocenters. The molecule has 0 aliphatic heterocycles. The minimum atomic E-state index is 0.0375. The van der Waals surface area contributed by atoms with Gasteiger partial charge in [-0.15, -0.1) is 0 Å². The number of nitriles is 1. The van der Waals surface area contributed by atoms with Crippen LogP contribution in [0, 0.1) is 11.3 Å². The highest BCUT2D eigenvalue weighted by molar-refractivity contribution is 5.46. The van der Waals surface area contributed by atoms with E-state index in [1.807, 2.05) is 25.1 Å². The zero-order valence-electron chi connectivity index (χ0n) is 10.5. The Morgan fingerprint density at radius 1 is 1.31 bits per heavy atom. The Labute approximate surface area is 97.9 Å². The second-order valence-electron chi connectivity index (χ2n) is 4.49. The molecule has 2 nitrogen and oxygen atoms in total. The lowest BCUT2D eigenvalue weighted by molar-refractivity contribution is 0.339. The molecule has 0 spiro atoms. The molecule has 0 saturated carbocycles. The summed E-state index contributed by atoms with van der Waals surface area (Å²) in [6, 6.07) is 8.03. The average Bonchev–Trinajstić information content (AvgIpc) is 2.29. The van der Waals surface area contributed by atoms with E-state index in [9.17, 15) is 0 Å². The van der Waals surface area contributed by atoms with Gasteiger partial charge in [0.2, 0.25) is 0 Å². The van der Waals surface area contributed by atoms with Gasteiger partial charge in [-0.3, -0.25) is 0 Å². The first-order valence-electron chi connectivity index (χ1n) is 5.72. The van der Waals surface area contributed by atoms with Gasteiger partial charge in [0, 0.05) is 0 Å². The van der Waals surface area contributed by atoms with Gasteiger partial charge in [-0.1, -0.05) is 26.8 Å². The second-order valence-corrected chi connectivity index (χ2v) is 4.49. The van der Waals surface area contributed by atoms with Crippen molar-refractivity contribution < 1.29 is 4.74 Å². The second kappa shape index (κ2) is 5.03. The Bertz CT molecular complexity index is 402. The smallest absolute Gasteiger partial charge is 0.120 e. The maximum atomic E-state index is 9.16. The van der Waals surface area contributed by atoms with Crippen molar-refractivity contribution in [3.05, 3.63) is 29.3 Å². The van der Waals surface area contributed by atoms with Gasteiger partial charge in [-0.05, 0) is 36.5 Å². The molecule has 0 fully saturated rings. The molecule has 1 rings (SSSR count). The molecular formula is C14H19NO. The first-order chi connectivity index (χ1) is 7.55. The highest BCUT2D eigenvalue weighted by Crippen LogP contribution is 2.31. The Morgan fingerprint density at radius 2 is 2.00 bits per heavy atom. The van der Waals surface area contributed by atoms with Crippen LogP contribution in [0.25, 0.3) is 0 Å². The maximum absolute atomic E-state index is 9.16. The quantitative estimate of drug-likeness (QED) is 0.771. The average molecular weight is 217 g/mol. The SMILES string of the molecule is CCOc1ccc(C(C)(C)CC)c(C#N)c1. The van der Waals surface area contributed by atoms with E-state index in [0.29, 0.717) is 6.61 Å². The van der Waals surface area contributed by atoms with E-state index in [4.69, 9.17) is 10.00 Å². The van der Waals surface area contributed by atoms with Crippen molar-refractivity contribution in [3.63, 3.8) is 0 Å². The lowest BCUT2D eigenvalue weighted by atomic mass is 9.80. The molecule has 0 aromatic heterocycles. The molecule has 86 valence electrons. The Morgan fingerprint density at radius 3 is 2.50 bits per heavy atom. The van der Waals surface area contributed by atoms with Gasteiger partial charge in [-0.2, -0.15) is 5.26 Å². The number of hydrogen-bond donors (Lipinski definition) is 0. The van der Waals surface area contributed by atoms with Crippen molar-refractivity contribution in [2.24, 2.45) is 0 Å². The van der Waals surface area contributed by atoms with Crippen LogP contribution in [0.4, 0.5) is 0 Å². The van der Waals surface area contributed by atoms with Crippen LogP contribution in [0.1, 0.15) is 45.2 Å². The summed E-state index contributed by atoms with van der Waals surface area (Å²) in [5, 5.41) is 9.16. The van der Waals surface area contributed by atoms with Gasteiger partial charge >= 0.3 is 0 Å². The third-order valence-corrected chi connectivity index (χ3v) is 3.04. The van der Waals surface area contributed by atoms with Gasteiger partial charge in [0.15, 0.2) is 0 Å². The van der Waals surface area contributed by atoms with Crippen molar-refractivity contribution >= 4 is 0 Å². The molecule has 0 aliphatic rings. The van der Waals surface area contributed by atoms with E-state index in [0.717, 1.165) is 23.3 Å². The zero-order chi connectivity index (χ0) is 12.2. The molecule has 0 saturated heterocycles. The molecule has 0 aliphatic carbocycles. The minimum absolute atomic E-state index is 0.0375. The first-order valence-corrected chi connectivity index (χ1v) is 5.72. The van der Waals surface area contributed by atoms with Crippen molar-refractivity contribution in [1.29, 1.82) is 5.26 Å². The number of benzene rings is 1. The summed E-state index contributed by atoms with van der Waals surface area (Å²) >= 11 is 0. The molecule has 0 N–H and O–H groups in total. The van der Waals surface area contributed by atoms with Crippen LogP contribution in [0.2, 0.25) is 0 Å². The fourth-order valence-corrected chi connectivity index (χ4v) is 1.65. The zero-order valence-corrected chi connectivity index (χ0v) is 10.5. The Hall–Kier alpha value is -1.49. The topological polar surface area (TPSA) is 33.0 Å². The predicted molar refractivity (Wildman–Crippen MR) is 65.6 cm³/mol. The summed E-state index contributed by atoms with van der Waals surface area (Å²) < 4.78 is 5.40. The summed E-state index contributed by atoms with van der Waals surface area (Å²) in [7, 11) is 0. The van der Waals surface area contributed by atoms with Crippen molar-refractivity contribution in [1.82, 2.24) is 0 Å². The first kappa shape index (κ1) is 12.6. The molecule has 0 heterocycles. The summed E-state index contributed by atoms with van der Waals surface area (Å²) in [5.41, 5.74) is 1.86. The molecule has 0 amide bonds. The predicted octanol–water partition coefficient (Wildman–Crippen LogP) is 3.64. The number of hydrogen-bond acceptors (Lipinski definition) is 2. The standard InChI is InChI=1S/C14H19NO/c1-5-14(3,4)13-8-7-12(16-6-2)9-11(13)10-15/h7-9H,5-6H2,1-4H3. The van der Waals surface area contributed by atoms with Gasteiger partial charge in [0.05, 0.1) is 18.2 Å². The van der Waals surface area contributed by atoms with Crippen molar-refractivity contribution in [2.75, 3.05) is 6.61 Å². The van der Waals surface area contributed by atoms with Crippen molar-refractivity contribution in [2.45, 2.75) is 39.5 Å². The third-order valence-electron chi connectivity index (χ3n) is 3.04. The molecule has 16 heavy (non-hydrogen) atoms. The molecule has 0 bridgehead atoms. The van der Waals surface area contributed by atoms with Gasteiger partial charge < -0.3 is 4.74 Å². The molecule has 0 radical (unpaired) electrons. The van der Waals surface area contributed by atoms with Crippen LogP contribution in [-0.4, -0.2) is 6.61 Å². The van der Waals surface area contributed by atoms with Crippen LogP contribution in [0.15, 0.2) is 18.2 Å². The summed E-state index contributed by atoms with van der Waals surface area (Å²) in [6.07, 6.45) is 1.01. The molecular weight excluding hydrogens is 198 g/mol. The fourth-order valence-electron chi connectivity index (χ4n) is 1.65. The van der Waals surface area contributed by atoms with E-state index in [2.05, 4.69) is 26.8 Å². The van der Waals surface area contributed by atoms with Crippen LogP contribution < -0.4 is 4.74 Å². The third kappa shape index (κ3) is 2.55. The molecule has 1 aromatic rings. The summed E-state index contributed by atoms with van der Waals surface area (Å²) in [5.74, 6) is 0.773. The van der Waals surface area contributed by atoms with Crippen LogP contribution >= 0.6 is 0 Å². The van der Waals surface area contributed by atoms with Crippen LogP contribution in [0.5, 0.6) is 5.75 Å². The van der Waals surface area contributed by atoms with E-state index in [-0.39, 0.29) is 5.41 Å². The Kier molecular flexibility index (Phi) is 3.95. The number of ether oxygens (including phenoxy) is 1. The van der Waals surface area contributed by atoms with E-state index in [1.54, 1.807) is 0 Å². The van der Waals surface area contributed by atoms with Gasteiger partial charge in [0.25, 0.3) is 0 Å². The minimum Gasteiger partial charge on any atom is -0.494 e. The highest BCUT2D eigenvalue weighted by atomic mass is 16.5.